The van der Waals surface area contributed by atoms with E-state index in [1.807, 2.05) is 17.9 Å². The van der Waals surface area contributed by atoms with Crippen LogP contribution in [0.1, 0.15) is 31.0 Å². The van der Waals surface area contributed by atoms with E-state index >= 15 is 0 Å². The number of hydrogen-bond donors (Lipinski definition) is 1. The molecule has 1 atom stereocenters. The zero-order chi connectivity index (χ0) is 15.4. The number of nitrogens with one attached hydrogen (secondary N) is 1. The highest BCUT2D eigenvalue weighted by molar-refractivity contribution is 5.15. The van der Waals surface area contributed by atoms with E-state index in [-0.39, 0.29) is 5.54 Å². The fraction of sp³-hybridized carbons (Fsp3) is 0.500. The van der Waals surface area contributed by atoms with Gasteiger partial charge in [0.05, 0.1) is 5.69 Å². The summed E-state index contributed by atoms with van der Waals surface area (Å²) in [6, 6.07) is 12.9. The van der Waals surface area contributed by atoms with Crippen molar-refractivity contribution in [3.05, 3.63) is 53.9 Å². The fourth-order valence-electron chi connectivity index (χ4n) is 3.39. The Hall–Kier alpha value is -1.65. The van der Waals surface area contributed by atoms with Crippen molar-refractivity contribution in [2.75, 3.05) is 13.1 Å². The number of likely N-dealkylation sites (tertiary alicyclic amines) is 1. The number of benzene rings is 1. The Kier molecular flexibility index (Phi) is 4.60. The van der Waals surface area contributed by atoms with Gasteiger partial charge in [0.15, 0.2) is 0 Å². The molecule has 1 aromatic heterocycles. The van der Waals surface area contributed by atoms with Crippen LogP contribution in [0.4, 0.5) is 0 Å². The molecular weight excluding hydrogens is 272 g/mol. The van der Waals surface area contributed by atoms with Crippen LogP contribution in [0.25, 0.3) is 0 Å². The molecule has 0 radical (unpaired) electrons. The van der Waals surface area contributed by atoms with Gasteiger partial charge in [-0.15, -0.1) is 0 Å². The maximum absolute atomic E-state index is 4.22. The molecule has 3 rings (SSSR count). The standard InChI is InChI=1S/C18H26N4/c1-18(15-19-13-17-9-11-20-21(17)2)10-6-12-22(18)14-16-7-4-3-5-8-16/h3-5,7-9,11,19H,6,10,12-15H2,1-2H3/t18-/m1/s1. The Morgan fingerprint density at radius 3 is 2.77 bits per heavy atom. The Morgan fingerprint density at radius 2 is 2.05 bits per heavy atom. The molecule has 2 aromatic rings. The molecule has 2 heterocycles. The number of aryl methyl sites for hydroxylation is 1. The molecule has 1 saturated heterocycles. The number of rotatable bonds is 6. The lowest BCUT2D eigenvalue weighted by atomic mass is 9.98. The van der Waals surface area contributed by atoms with Gasteiger partial charge in [-0.1, -0.05) is 30.3 Å². The van der Waals surface area contributed by atoms with Crippen LogP contribution in [0.3, 0.4) is 0 Å². The van der Waals surface area contributed by atoms with Gasteiger partial charge in [0.25, 0.3) is 0 Å². The molecule has 1 aromatic carbocycles. The molecule has 1 aliphatic heterocycles. The van der Waals surface area contributed by atoms with Gasteiger partial charge < -0.3 is 5.32 Å². The molecule has 0 unspecified atom stereocenters. The molecule has 4 heteroatoms. The number of nitrogens with zero attached hydrogens (tertiary/aromatic N) is 3. The van der Waals surface area contributed by atoms with E-state index in [0.717, 1.165) is 19.6 Å². The van der Waals surface area contributed by atoms with E-state index in [0.29, 0.717) is 0 Å². The minimum absolute atomic E-state index is 0.244. The second-order valence-corrected chi connectivity index (χ2v) is 6.56. The van der Waals surface area contributed by atoms with Gasteiger partial charge in [-0.25, -0.2) is 0 Å². The molecule has 1 N–H and O–H groups in total. The maximum Gasteiger partial charge on any atom is 0.0518 e. The predicted octanol–water partition coefficient (Wildman–Crippen LogP) is 2.56. The quantitative estimate of drug-likeness (QED) is 0.890. The first-order valence-corrected chi connectivity index (χ1v) is 8.14. The minimum Gasteiger partial charge on any atom is -0.309 e. The topological polar surface area (TPSA) is 33.1 Å². The summed E-state index contributed by atoms with van der Waals surface area (Å²) < 4.78 is 1.94. The molecule has 0 spiro atoms. The second-order valence-electron chi connectivity index (χ2n) is 6.56. The van der Waals surface area contributed by atoms with Crippen LogP contribution >= 0.6 is 0 Å². The van der Waals surface area contributed by atoms with E-state index in [1.54, 1.807) is 0 Å². The summed E-state index contributed by atoms with van der Waals surface area (Å²) >= 11 is 0. The SMILES string of the molecule is Cn1nccc1CNC[C@@]1(C)CCCN1Cc1ccccc1. The van der Waals surface area contributed by atoms with Crippen LogP contribution in [0.5, 0.6) is 0 Å². The van der Waals surface area contributed by atoms with Crippen molar-refractivity contribution < 1.29 is 0 Å². The maximum atomic E-state index is 4.22. The van der Waals surface area contributed by atoms with Crippen LogP contribution < -0.4 is 5.32 Å². The first-order chi connectivity index (χ1) is 10.7. The molecule has 118 valence electrons. The lowest BCUT2D eigenvalue weighted by molar-refractivity contribution is 0.144. The third-order valence-electron chi connectivity index (χ3n) is 4.86. The largest absolute Gasteiger partial charge is 0.309 e. The highest BCUT2D eigenvalue weighted by Crippen LogP contribution is 2.30. The molecule has 0 amide bonds. The summed E-state index contributed by atoms with van der Waals surface area (Å²) in [5.41, 5.74) is 2.88. The second kappa shape index (κ2) is 6.63. The van der Waals surface area contributed by atoms with Crippen molar-refractivity contribution in [1.82, 2.24) is 20.0 Å². The zero-order valence-corrected chi connectivity index (χ0v) is 13.6. The smallest absolute Gasteiger partial charge is 0.0518 e. The van der Waals surface area contributed by atoms with Crippen molar-refractivity contribution in [2.24, 2.45) is 7.05 Å². The number of hydrogen-bond acceptors (Lipinski definition) is 3. The monoisotopic (exact) mass is 298 g/mol. The molecule has 22 heavy (non-hydrogen) atoms. The summed E-state index contributed by atoms with van der Waals surface area (Å²) in [6.45, 7) is 6.53. The lowest BCUT2D eigenvalue weighted by Gasteiger charge is -2.35. The minimum atomic E-state index is 0.244. The van der Waals surface area contributed by atoms with Gasteiger partial charge in [0, 0.05) is 38.4 Å². The van der Waals surface area contributed by atoms with E-state index < -0.39 is 0 Å². The van der Waals surface area contributed by atoms with Gasteiger partial charge in [0.1, 0.15) is 0 Å². The Balaban J connectivity index is 1.57. The molecule has 0 aliphatic carbocycles. The average Bonchev–Trinajstić information content (AvgIpc) is 3.08. The van der Waals surface area contributed by atoms with Crippen LogP contribution in [-0.2, 0) is 20.1 Å². The molecule has 0 bridgehead atoms. The van der Waals surface area contributed by atoms with Crippen molar-refractivity contribution in [2.45, 2.75) is 38.4 Å². The van der Waals surface area contributed by atoms with Gasteiger partial charge in [-0.2, -0.15) is 5.10 Å². The van der Waals surface area contributed by atoms with Gasteiger partial charge >= 0.3 is 0 Å². The highest BCUT2D eigenvalue weighted by atomic mass is 15.3. The fourth-order valence-corrected chi connectivity index (χ4v) is 3.39. The average molecular weight is 298 g/mol. The van der Waals surface area contributed by atoms with Crippen molar-refractivity contribution in [3.63, 3.8) is 0 Å². The molecule has 0 saturated carbocycles. The van der Waals surface area contributed by atoms with Gasteiger partial charge in [-0.3, -0.25) is 9.58 Å². The van der Waals surface area contributed by atoms with Crippen LogP contribution in [0.2, 0.25) is 0 Å². The predicted molar refractivity (Wildman–Crippen MR) is 89.4 cm³/mol. The van der Waals surface area contributed by atoms with Crippen LogP contribution in [-0.4, -0.2) is 33.3 Å². The molecule has 1 aliphatic rings. The Morgan fingerprint density at radius 1 is 1.23 bits per heavy atom. The molecular formula is C18H26N4. The Labute approximate surface area is 133 Å². The normalized spacial score (nSPS) is 22.3. The van der Waals surface area contributed by atoms with Gasteiger partial charge in [0.2, 0.25) is 0 Å². The van der Waals surface area contributed by atoms with Crippen molar-refractivity contribution >= 4 is 0 Å². The molecule has 4 nitrogen and oxygen atoms in total. The van der Waals surface area contributed by atoms with Crippen molar-refractivity contribution in [3.8, 4) is 0 Å². The molecule has 1 fully saturated rings. The van der Waals surface area contributed by atoms with Crippen LogP contribution in [0, 0.1) is 0 Å². The summed E-state index contributed by atoms with van der Waals surface area (Å²) in [4.78, 5) is 2.62. The Bertz CT molecular complexity index is 592. The van der Waals surface area contributed by atoms with Crippen LogP contribution in [0.15, 0.2) is 42.6 Å². The lowest BCUT2D eigenvalue weighted by Crippen LogP contribution is -2.48. The third kappa shape index (κ3) is 3.39. The highest BCUT2D eigenvalue weighted by Gasteiger charge is 2.35. The summed E-state index contributed by atoms with van der Waals surface area (Å²) in [5, 5.41) is 7.85. The zero-order valence-electron chi connectivity index (χ0n) is 13.6. The van der Waals surface area contributed by atoms with E-state index in [4.69, 9.17) is 0 Å². The summed E-state index contributed by atoms with van der Waals surface area (Å²) in [7, 11) is 2.00. The summed E-state index contributed by atoms with van der Waals surface area (Å²) in [5.74, 6) is 0. The summed E-state index contributed by atoms with van der Waals surface area (Å²) in [6.07, 6.45) is 4.41. The first kappa shape index (κ1) is 15.3. The van der Waals surface area contributed by atoms with E-state index in [1.165, 1.54) is 30.6 Å². The van der Waals surface area contributed by atoms with Gasteiger partial charge in [-0.05, 0) is 37.9 Å². The van der Waals surface area contributed by atoms with E-state index in [9.17, 15) is 0 Å². The third-order valence-corrected chi connectivity index (χ3v) is 4.86. The first-order valence-electron chi connectivity index (χ1n) is 8.14. The number of aromatic nitrogens is 2. The van der Waals surface area contributed by atoms with Crippen molar-refractivity contribution in [1.29, 1.82) is 0 Å². The van der Waals surface area contributed by atoms with E-state index in [2.05, 4.69) is 58.6 Å².